The number of methoxy groups -OCH3 is 1. The van der Waals surface area contributed by atoms with Crippen molar-refractivity contribution < 1.29 is 14.3 Å². The van der Waals surface area contributed by atoms with Gasteiger partial charge in [0.25, 0.3) is 0 Å². The van der Waals surface area contributed by atoms with Crippen molar-refractivity contribution in [2.75, 3.05) is 13.7 Å². The Morgan fingerprint density at radius 2 is 2.05 bits per heavy atom. The van der Waals surface area contributed by atoms with Gasteiger partial charge >= 0.3 is 5.97 Å². The van der Waals surface area contributed by atoms with Crippen LogP contribution in [0.4, 0.5) is 0 Å². The summed E-state index contributed by atoms with van der Waals surface area (Å²) in [6.07, 6.45) is 4.89. The topological polar surface area (TPSA) is 55.4 Å². The summed E-state index contributed by atoms with van der Waals surface area (Å²) in [7, 11) is 1.40. The second-order valence-corrected chi connectivity index (χ2v) is 6.65. The lowest BCUT2D eigenvalue weighted by Crippen LogP contribution is -2.35. The van der Waals surface area contributed by atoms with Crippen LogP contribution in [0.3, 0.4) is 0 Å². The molecule has 1 amide bonds. The van der Waals surface area contributed by atoms with Crippen molar-refractivity contribution in [3.05, 3.63) is 34.3 Å². The standard InChI is InChI=1S/C17H22BrNO3/c1-22-15(20)8-3-2-4-11-19-16(21)17(9-10-17)13-6-5-7-14(18)12-13/h5-7,12H,2-4,8-11H2,1H3,(H,19,21). The molecule has 0 heterocycles. The lowest BCUT2D eigenvalue weighted by Gasteiger charge is -2.16. The molecule has 0 spiro atoms. The average molecular weight is 368 g/mol. The molecule has 0 aromatic heterocycles. The highest BCUT2D eigenvalue weighted by molar-refractivity contribution is 9.10. The Kier molecular flexibility index (Phi) is 6.00. The van der Waals surface area contributed by atoms with Crippen LogP contribution in [-0.2, 0) is 19.7 Å². The number of hydrogen-bond donors (Lipinski definition) is 1. The van der Waals surface area contributed by atoms with E-state index in [1.165, 1.54) is 7.11 Å². The predicted octanol–water partition coefficient (Wildman–Crippen LogP) is 3.33. The molecule has 2 rings (SSSR count). The molecule has 0 bridgehead atoms. The number of amides is 1. The number of rotatable bonds is 8. The van der Waals surface area contributed by atoms with E-state index in [4.69, 9.17) is 0 Å². The van der Waals surface area contributed by atoms with Crippen molar-refractivity contribution >= 4 is 27.8 Å². The molecule has 1 saturated carbocycles. The van der Waals surface area contributed by atoms with Crippen molar-refractivity contribution in [2.45, 2.75) is 43.9 Å². The van der Waals surface area contributed by atoms with Gasteiger partial charge in [0.2, 0.25) is 5.91 Å². The highest BCUT2D eigenvalue weighted by atomic mass is 79.9. The summed E-state index contributed by atoms with van der Waals surface area (Å²) in [5.41, 5.74) is 0.764. The lowest BCUT2D eigenvalue weighted by atomic mass is 9.95. The fourth-order valence-corrected chi connectivity index (χ4v) is 3.00. The van der Waals surface area contributed by atoms with E-state index in [0.717, 1.165) is 42.1 Å². The Balaban J connectivity index is 1.73. The molecule has 1 aromatic rings. The van der Waals surface area contributed by atoms with Gasteiger partial charge in [-0.3, -0.25) is 9.59 Å². The summed E-state index contributed by atoms with van der Waals surface area (Å²) in [5.74, 6) is -0.0470. The van der Waals surface area contributed by atoms with Crippen LogP contribution in [0.5, 0.6) is 0 Å². The maximum absolute atomic E-state index is 12.4. The van der Waals surface area contributed by atoms with Gasteiger partial charge in [-0.05, 0) is 43.4 Å². The maximum atomic E-state index is 12.4. The monoisotopic (exact) mass is 367 g/mol. The van der Waals surface area contributed by atoms with Gasteiger partial charge in [0.15, 0.2) is 0 Å². The van der Waals surface area contributed by atoms with Crippen molar-refractivity contribution in [3.8, 4) is 0 Å². The van der Waals surface area contributed by atoms with Gasteiger partial charge in [0, 0.05) is 17.4 Å². The largest absolute Gasteiger partial charge is 0.469 e. The normalized spacial score (nSPS) is 15.2. The molecule has 0 unspecified atom stereocenters. The summed E-state index contributed by atoms with van der Waals surface area (Å²) >= 11 is 3.46. The first kappa shape index (κ1) is 17.0. The molecule has 4 nitrogen and oxygen atoms in total. The fourth-order valence-electron chi connectivity index (χ4n) is 2.60. The Labute approximate surface area is 139 Å². The molecular formula is C17H22BrNO3. The molecule has 0 atom stereocenters. The van der Waals surface area contributed by atoms with Crippen LogP contribution in [0.2, 0.25) is 0 Å². The Morgan fingerprint density at radius 1 is 1.27 bits per heavy atom. The van der Waals surface area contributed by atoms with Crippen molar-refractivity contribution in [1.82, 2.24) is 5.32 Å². The first-order valence-corrected chi connectivity index (χ1v) is 8.49. The zero-order valence-corrected chi connectivity index (χ0v) is 14.4. The number of unbranched alkanes of at least 4 members (excludes halogenated alkanes) is 2. The van der Waals surface area contributed by atoms with Crippen LogP contribution in [-0.4, -0.2) is 25.5 Å². The summed E-state index contributed by atoms with van der Waals surface area (Å²) in [6, 6.07) is 8.00. The molecule has 22 heavy (non-hydrogen) atoms. The summed E-state index contributed by atoms with van der Waals surface area (Å²) in [5, 5.41) is 3.04. The smallest absolute Gasteiger partial charge is 0.305 e. The number of carbonyl (C=O) groups excluding carboxylic acids is 2. The third-order valence-electron chi connectivity index (χ3n) is 4.13. The molecule has 5 heteroatoms. The molecule has 1 fully saturated rings. The van der Waals surface area contributed by atoms with Gasteiger partial charge < -0.3 is 10.1 Å². The second-order valence-electron chi connectivity index (χ2n) is 5.74. The van der Waals surface area contributed by atoms with E-state index < -0.39 is 0 Å². The Bertz CT molecular complexity index is 540. The van der Waals surface area contributed by atoms with Gasteiger partial charge in [0.1, 0.15) is 0 Å². The van der Waals surface area contributed by atoms with E-state index in [2.05, 4.69) is 26.0 Å². The number of hydrogen-bond acceptors (Lipinski definition) is 3. The van der Waals surface area contributed by atoms with Gasteiger partial charge in [-0.15, -0.1) is 0 Å². The van der Waals surface area contributed by atoms with Crippen LogP contribution in [0.1, 0.15) is 44.1 Å². The number of esters is 1. The van der Waals surface area contributed by atoms with Crippen LogP contribution in [0.25, 0.3) is 0 Å². The maximum Gasteiger partial charge on any atom is 0.305 e. The minimum atomic E-state index is -0.324. The number of halogens is 1. The minimum Gasteiger partial charge on any atom is -0.469 e. The second kappa shape index (κ2) is 7.77. The Morgan fingerprint density at radius 3 is 2.68 bits per heavy atom. The highest BCUT2D eigenvalue weighted by Crippen LogP contribution is 2.48. The number of nitrogens with one attached hydrogen (secondary N) is 1. The van der Waals surface area contributed by atoms with E-state index in [1.54, 1.807) is 0 Å². The molecule has 1 aliphatic carbocycles. The van der Waals surface area contributed by atoms with Gasteiger partial charge in [-0.25, -0.2) is 0 Å². The number of carbonyl (C=O) groups is 2. The zero-order chi connectivity index (χ0) is 16.0. The molecule has 1 aromatic carbocycles. The first-order chi connectivity index (χ1) is 10.6. The van der Waals surface area contributed by atoms with E-state index >= 15 is 0 Å². The van der Waals surface area contributed by atoms with Crippen molar-refractivity contribution in [2.24, 2.45) is 0 Å². The molecular weight excluding hydrogens is 346 g/mol. The van der Waals surface area contributed by atoms with Crippen molar-refractivity contribution in [1.29, 1.82) is 0 Å². The molecule has 0 aliphatic heterocycles. The number of benzene rings is 1. The van der Waals surface area contributed by atoms with Gasteiger partial charge in [0.05, 0.1) is 12.5 Å². The third-order valence-corrected chi connectivity index (χ3v) is 4.63. The van der Waals surface area contributed by atoms with Crippen LogP contribution >= 0.6 is 15.9 Å². The zero-order valence-electron chi connectivity index (χ0n) is 12.9. The molecule has 1 N–H and O–H groups in total. The molecule has 1 aliphatic rings. The van der Waals surface area contributed by atoms with Gasteiger partial charge in [-0.1, -0.05) is 34.5 Å². The van der Waals surface area contributed by atoms with Crippen molar-refractivity contribution in [3.63, 3.8) is 0 Å². The quantitative estimate of drug-likeness (QED) is 0.566. The average Bonchev–Trinajstić information content (AvgIpc) is 3.32. The van der Waals surface area contributed by atoms with E-state index in [0.29, 0.717) is 13.0 Å². The molecule has 0 saturated heterocycles. The van der Waals surface area contributed by atoms with E-state index in [-0.39, 0.29) is 17.3 Å². The molecule has 120 valence electrons. The summed E-state index contributed by atoms with van der Waals surface area (Å²) < 4.78 is 5.60. The van der Waals surface area contributed by atoms with E-state index in [9.17, 15) is 9.59 Å². The summed E-state index contributed by atoms with van der Waals surface area (Å²) in [4.78, 5) is 23.4. The molecule has 0 radical (unpaired) electrons. The lowest BCUT2D eigenvalue weighted by molar-refractivity contribution is -0.140. The highest BCUT2D eigenvalue weighted by Gasteiger charge is 2.51. The van der Waals surface area contributed by atoms with Crippen LogP contribution in [0, 0.1) is 0 Å². The Hall–Kier alpha value is -1.36. The first-order valence-electron chi connectivity index (χ1n) is 7.70. The minimum absolute atomic E-state index is 0.124. The SMILES string of the molecule is COC(=O)CCCCCNC(=O)C1(c2cccc(Br)c2)CC1. The fraction of sp³-hybridized carbons (Fsp3) is 0.529. The summed E-state index contributed by atoms with van der Waals surface area (Å²) in [6.45, 7) is 0.662. The van der Waals surface area contributed by atoms with Crippen LogP contribution in [0.15, 0.2) is 28.7 Å². The van der Waals surface area contributed by atoms with Crippen LogP contribution < -0.4 is 5.32 Å². The predicted molar refractivity (Wildman–Crippen MR) is 88.5 cm³/mol. The van der Waals surface area contributed by atoms with Gasteiger partial charge in [-0.2, -0.15) is 0 Å². The number of ether oxygens (including phenoxy) is 1. The van der Waals surface area contributed by atoms with E-state index in [1.807, 2.05) is 24.3 Å². The third kappa shape index (κ3) is 4.32.